The zero-order chi connectivity index (χ0) is 12.1. The number of ether oxygens (including phenoxy) is 1. The molecule has 1 atom stereocenters. The number of carbonyl (C=O) groups excluding carboxylic acids is 1. The Bertz CT molecular complexity index is 350. The minimum Gasteiger partial charge on any atom is -0.491 e. The number of nitrogens with two attached hydrogens (primary N) is 1. The SMILES string of the molecule is CC(C)Oc1ccc(NC(=O)C(C)N)cc1.Cl. The first-order valence-electron chi connectivity index (χ1n) is 5.32. The molecule has 1 rings (SSSR count). The van der Waals surface area contributed by atoms with Gasteiger partial charge in [-0.1, -0.05) is 0 Å². The van der Waals surface area contributed by atoms with Gasteiger partial charge in [0.25, 0.3) is 0 Å². The Balaban J connectivity index is 0.00000256. The number of rotatable bonds is 4. The van der Waals surface area contributed by atoms with Crippen LogP contribution in [0.1, 0.15) is 20.8 Å². The van der Waals surface area contributed by atoms with Crippen molar-refractivity contribution in [3.8, 4) is 5.75 Å². The summed E-state index contributed by atoms with van der Waals surface area (Å²) in [6.45, 7) is 5.57. The van der Waals surface area contributed by atoms with Crippen LogP contribution in [0.25, 0.3) is 0 Å². The first-order valence-corrected chi connectivity index (χ1v) is 5.32. The van der Waals surface area contributed by atoms with Gasteiger partial charge in [-0.05, 0) is 45.0 Å². The summed E-state index contributed by atoms with van der Waals surface area (Å²) in [4.78, 5) is 11.3. The summed E-state index contributed by atoms with van der Waals surface area (Å²) in [6, 6.07) is 6.70. The number of nitrogens with one attached hydrogen (secondary N) is 1. The number of anilines is 1. The van der Waals surface area contributed by atoms with Crippen LogP contribution in [0, 0.1) is 0 Å². The van der Waals surface area contributed by atoms with Gasteiger partial charge in [0.05, 0.1) is 12.1 Å². The highest BCUT2D eigenvalue weighted by molar-refractivity contribution is 5.94. The summed E-state index contributed by atoms with van der Waals surface area (Å²) in [5, 5.41) is 2.70. The zero-order valence-electron chi connectivity index (χ0n) is 10.3. The maximum absolute atomic E-state index is 11.3. The number of benzene rings is 1. The van der Waals surface area contributed by atoms with Gasteiger partial charge >= 0.3 is 0 Å². The van der Waals surface area contributed by atoms with Crippen molar-refractivity contribution < 1.29 is 9.53 Å². The molecule has 1 amide bonds. The molecule has 5 heteroatoms. The van der Waals surface area contributed by atoms with Crippen LogP contribution >= 0.6 is 12.4 Å². The van der Waals surface area contributed by atoms with Gasteiger partial charge in [-0.2, -0.15) is 0 Å². The fourth-order valence-corrected chi connectivity index (χ4v) is 1.15. The quantitative estimate of drug-likeness (QED) is 0.870. The summed E-state index contributed by atoms with van der Waals surface area (Å²) in [6.07, 6.45) is 0.143. The molecule has 3 N–H and O–H groups in total. The summed E-state index contributed by atoms with van der Waals surface area (Å²) >= 11 is 0. The molecule has 0 aliphatic carbocycles. The molecule has 0 bridgehead atoms. The topological polar surface area (TPSA) is 64.3 Å². The van der Waals surface area contributed by atoms with E-state index < -0.39 is 6.04 Å². The molecule has 0 aromatic heterocycles. The van der Waals surface area contributed by atoms with Crippen LogP contribution in [0.2, 0.25) is 0 Å². The van der Waals surface area contributed by atoms with Gasteiger partial charge in [0, 0.05) is 5.69 Å². The Kier molecular flexibility index (Phi) is 6.61. The van der Waals surface area contributed by atoms with E-state index in [0.717, 1.165) is 11.4 Å². The van der Waals surface area contributed by atoms with Crippen molar-refractivity contribution in [1.82, 2.24) is 0 Å². The molecule has 1 unspecified atom stereocenters. The molecular formula is C12H19ClN2O2. The lowest BCUT2D eigenvalue weighted by Crippen LogP contribution is -2.32. The van der Waals surface area contributed by atoms with E-state index >= 15 is 0 Å². The van der Waals surface area contributed by atoms with E-state index in [2.05, 4.69) is 5.32 Å². The Morgan fingerprint density at radius 3 is 2.18 bits per heavy atom. The number of hydrogen-bond acceptors (Lipinski definition) is 3. The predicted octanol–water partition coefficient (Wildman–Crippen LogP) is 2.18. The van der Waals surface area contributed by atoms with E-state index in [1.807, 2.05) is 26.0 Å². The van der Waals surface area contributed by atoms with Crippen LogP contribution in [0.4, 0.5) is 5.69 Å². The third-order valence-corrected chi connectivity index (χ3v) is 1.91. The van der Waals surface area contributed by atoms with Crippen LogP contribution in [-0.4, -0.2) is 18.1 Å². The van der Waals surface area contributed by atoms with Crippen LogP contribution in [-0.2, 0) is 4.79 Å². The first kappa shape index (κ1) is 15.7. The molecule has 4 nitrogen and oxygen atoms in total. The van der Waals surface area contributed by atoms with E-state index in [0.29, 0.717) is 0 Å². The molecule has 0 aliphatic rings. The van der Waals surface area contributed by atoms with Crippen LogP contribution in [0.15, 0.2) is 24.3 Å². The van der Waals surface area contributed by atoms with Crippen molar-refractivity contribution >= 4 is 24.0 Å². The molecule has 0 radical (unpaired) electrons. The molecule has 0 saturated carbocycles. The van der Waals surface area contributed by atoms with Crippen molar-refractivity contribution in [3.05, 3.63) is 24.3 Å². The molecule has 96 valence electrons. The highest BCUT2D eigenvalue weighted by Crippen LogP contribution is 2.16. The summed E-state index contributed by atoms with van der Waals surface area (Å²) in [7, 11) is 0. The first-order chi connectivity index (χ1) is 7.49. The van der Waals surface area contributed by atoms with E-state index in [-0.39, 0.29) is 24.4 Å². The minimum absolute atomic E-state index is 0. The van der Waals surface area contributed by atoms with Gasteiger partial charge in [0.15, 0.2) is 0 Å². The molecular weight excluding hydrogens is 240 g/mol. The Hall–Kier alpha value is -1.26. The minimum atomic E-state index is -0.508. The molecule has 0 aliphatic heterocycles. The van der Waals surface area contributed by atoms with Gasteiger partial charge in [-0.3, -0.25) is 4.79 Å². The second kappa shape index (κ2) is 7.14. The molecule has 1 aromatic rings. The standard InChI is InChI=1S/C12H18N2O2.ClH/c1-8(2)16-11-6-4-10(5-7-11)14-12(15)9(3)13;/h4-9H,13H2,1-3H3,(H,14,15);1H. The molecule has 0 heterocycles. The van der Waals surface area contributed by atoms with Gasteiger partial charge in [0.1, 0.15) is 5.75 Å². The molecule has 17 heavy (non-hydrogen) atoms. The molecule has 1 aromatic carbocycles. The zero-order valence-corrected chi connectivity index (χ0v) is 11.1. The van der Waals surface area contributed by atoms with Crippen molar-refractivity contribution in [2.24, 2.45) is 5.73 Å². The van der Waals surface area contributed by atoms with Crippen LogP contribution in [0.3, 0.4) is 0 Å². The fourth-order valence-electron chi connectivity index (χ4n) is 1.15. The van der Waals surface area contributed by atoms with E-state index in [9.17, 15) is 4.79 Å². The normalized spacial score (nSPS) is 11.6. The largest absolute Gasteiger partial charge is 0.491 e. The van der Waals surface area contributed by atoms with E-state index in [1.54, 1.807) is 19.1 Å². The van der Waals surface area contributed by atoms with Crippen LogP contribution < -0.4 is 15.8 Å². The average Bonchev–Trinajstić information content (AvgIpc) is 2.20. The Labute approximate surface area is 108 Å². The lowest BCUT2D eigenvalue weighted by atomic mass is 10.2. The molecule has 0 spiro atoms. The Morgan fingerprint density at radius 1 is 1.24 bits per heavy atom. The monoisotopic (exact) mass is 258 g/mol. The highest BCUT2D eigenvalue weighted by atomic mass is 35.5. The number of carbonyl (C=O) groups is 1. The maximum atomic E-state index is 11.3. The second-order valence-corrected chi connectivity index (χ2v) is 3.97. The Morgan fingerprint density at radius 2 is 1.76 bits per heavy atom. The average molecular weight is 259 g/mol. The second-order valence-electron chi connectivity index (χ2n) is 3.97. The van der Waals surface area contributed by atoms with E-state index in [1.165, 1.54) is 0 Å². The highest BCUT2D eigenvalue weighted by Gasteiger charge is 2.07. The number of amides is 1. The van der Waals surface area contributed by atoms with Gasteiger partial charge in [-0.15, -0.1) is 12.4 Å². The van der Waals surface area contributed by atoms with Crippen molar-refractivity contribution in [3.63, 3.8) is 0 Å². The van der Waals surface area contributed by atoms with Gasteiger partial charge in [-0.25, -0.2) is 0 Å². The molecule has 0 fully saturated rings. The lowest BCUT2D eigenvalue weighted by Gasteiger charge is -2.11. The summed E-state index contributed by atoms with van der Waals surface area (Å²) in [5.41, 5.74) is 6.16. The predicted molar refractivity (Wildman–Crippen MR) is 71.7 cm³/mol. The number of hydrogen-bond donors (Lipinski definition) is 2. The maximum Gasteiger partial charge on any atom is 0.240 e. The summed E-state index contributed by atoms with van der Waals surface area (Å²) < 4.78 is 5.48. The van der Waals surface area contributed by atoms with Gasteiger partial charge in [0.2, 0.25) is 5.91 Å². The van der Waals surface area contributed by atoms with Crippen molar-refractivity contribution in [2.45, 2.75) is 32.9 Å². The smallest absolute Gasteiger partial charge is 0.240 e. The third kappa shape index (κ3) is 5.56. The van der Waals surface area contributed by atoms with E-state index in [4.69, 9.17) is 10.5 Å². The van der Waals surface area contributed by atoms with Gasteiger partial charge < -0.3 is 15.8 Å². The van der Waals surface area contributed by atoms with Crippen molar-refractivity contribution in [1.29, 1.82) is 0 Å². The summed E-state index contributed by atoms with van der Waals surface area (Å²) in [5.74, 6) is 0.589. The molecule has 0 saturated heterocycles. The third-order valence-electron chi connectivity index (χ3n) is 1.91. The lowest BCUT2D eigenvalue weighted by molar-refractivity contribution is -0.117. The number of halogens is 1. The van der Waals surface area contributed by atoms with Crippen molar-refractivity contribution in [2.75, 3.05) is 5.32 Å². The fraction of sp³-hybridized carbons (Fsp3) is 0.417. The van der Waals surface area contributed by atoms with Crippen LogP contribution in [0.5, 0.6) is 5.75 Å².